The summed E-state index contributed by atoms with van der Waals surface area (Å²) in [6, 6.07) is 16.4. The number of likely N-dealkylation sites (tertiary alicyclic amines) is 2. The minimum atomic E-state index is -3.26. The van der Waals surface area contributed by atoms with E-state index >= 15 is 0 Å². The van der Waals surface area contributed by atoms with Crippen LogP contribution in [0.5, 0.6) is 0 Å². The summed E-state index contributed by atoms with van der Waals surface area (Å²) in [4.78, 5) is 30.5. The molecule has 1 spiro atoms. The van der Waals surface area contributed by atoms with Gasteiger partial charge in [-0.25, -0.2) is 17.2 Å². The van der Waals surface area contributed by atoms with E-state index in [9.17, 15) is 26.8 Å². The predicted molar refractivity (Wildman–Crippen MR) is 164 cm³/mol. The zero-order valence-corrected chi connectivity index (χ0v) is 26.3. The largest absolute Gasteiger partial charge is 0.349 e. The first-order valence-electron chi connectivity index (χ1n) is 14.9. The van der Waals surface area contributed by atoms with Crippen LogP contribution in [0, 0.1) is 11.3 Å². The van der Waals surface area contributed by atoms with Gasteiger partial charge in [-0.05, 0) is 73.9 Å². The Kier molecular flexibility index (Phi) is 10.6. The molecule has 7 nitrogen and oxygen atoms in total. The van der Waals surface area contributed by atoms with E-state index in [-0.39, 0.29) is 72.2 Å². The van der Waals surface area contributed by atoms with Crippen molar-refractivity contribution in [1.82, 2.24) is 15.1 Å². The average Bonchev–Trinajstić information content (AvgIpc) is 3.25. The van der Waals surface area contributed by atoms with Crippen molar-refractivity contribution in [3.8, 4) is 0 Å². The predicted octanol–water partition coefficient (Wildman–Crippen LogP) is 5.40. The first kappa shape index (κ1) is 33.3. The molecule has 1 aliphatic carbocycles. The highest BCUT2D eigenvalue weighted by Gasteiger charge is 2.45. The van der Waals surface area contributed by atoms with Crippen LogP contribution in [-0.4, -0.2) is 68.4 Å². The summed E-state index contributed by atoms with van der Waals surface area (Å²) in [5.41, 5.74) is 1.89. The highest BCUT2D eigenvalue weighted by Crippen LogP contribution is 2.42. The Morgan fingerprint density at radius 1 is 1.00 bits per heavy atom. The van der Waals surface area contributed by atoms with E-state index in [1.807, 2.05) is 35.2 Å². The van der Waals surface area contributed by atoms with E-state index in [4.69, 9.17) is 0 Å². The van der Waals surface area contributed by atoms with Crippen molar-refractivity contribution in [3.05, 3.63) is 65.7 Å². The lowest BCUT2D eigenvalue weighted by Gasteiger charge is -2.39. The number of hydrogen-bond donors (Lipinski definition) is 1. The summed E-state index contributed by atoms with van der Waals surface area (Å²) in [6.07, 6.45) is 4.25. The number of halogens is 3. The fraction of sp³-hybridized carbons (Fsp3) is 0.562. The van der Waals surface area contributed by atoms with Crippen LogP contribution in [0.15, 0.2) is 59.5 Å². The number of rotatable bonds is 9. The van der Waals surface area contributed by atoms with Gasteiger partial charge in [0.2, 0.25) is 17.7 Å². The number of piperidine rings is 1. The second-order valence-electron chi connectivity index (χ2n) is 12.6. The quantitative estimate of drug-likeness (QED) is 0.398. The summed E-state index contributed by atoms with van der Waals surface area (Å²) in [5.74, 6) is -3.02. The molecule has 2 heterocycles. The van der Waals surface area contributed by atoms with E-state index in [1.54, 1.807) is 24.3 Å². The third-order valence-electron chi connectivity index (χ3n) is 9.39. The summed E-state index contributed by atoms with van der Waals surface area (Å²) in [5, 5.41) is 3.17. The Labute approximate surface area is 259 Å². The fourth-order valence-electron chi connectivity index (χ4n) is 6.69. The molecule has 0 unspecified atom stereocenters. The van der Waals surface area contributed by atoms with Gasteiger partial charge in [0.05, 0.1) is 10.9 Å². The van der Waals surface area contributed by atoms with Gasteiger partial charge in [0.15, 0.2) is 9.84 Å². The molecular formula is C32H42ClF2N3O4S. The molecule has 1 N–H and O–H groups in total. The molecule has 0 bridgehead atoms. The number of nitrogens with one attached hydrogen (secondary N) is 1. The number of sulfone groups is 1. The number of nitrogens with zero attached hydrogens (tertiary/aromatic N) is 2. The van der Waals surface area contributed by atoms with E-state index in [2.05, 4.69) is 10.2 Å². The van der Waals surface area contributed by atoms with Gasteiger partial charge in [-0.1, -0.05) is 42.5 Å². The van der Waals surface area contributed by atoms with Crippen LogP contribution >= 0.6 is 12.4 Å². The van der Waals surface area contributed by atoms with Crippen molar-refractivity contribution >= 4 is 34.1 Å². The van der Waals surface area contributed by atoms with Crippen LogP contribution in [0.25, 0.3) is 0 Å². The van der Waals surface area contributed by atoms with Gasteiger partial charge < -0.3 is 15.1 Å². The lowest BCUT2D eigenvalue weighted by atomic mass is 9.77. The number of carbonyl (C=O) groups is 2. The number of amides is 2. The van der Waals surface area contributed by atoms with Gasteiger partial charge in [0, 0.05) is 51.1 Å². The second-order valence-corrected chi connectivity index (χ2v) is 14.6. The second kappa shape index (κ2) is 13.6. The molecule has 2 aliphatic heterocycles. The van der Waals surface area contributed by atoms with Crippen molar-refractivity contribution in [1.29, 1.82) is 0 Å². The molecule has 3 fully saturated rings. The lowest BCUT2D eigenvalue weighted by molar-refractivity contribution is -0.130. The van der Waals surface area contributed by atoms with Gasteiger partial charge >= 0.3 is 0 Å². The highest BCUT2D eigenvalue weighted by atomic mass is 35.5. The average molecular weight is 638 g/mol. The molecule has 5 rings (SSSR count). The monoisotopic (exact) mass is 637 g/mol. The van der Waals surface area contributed by atoms with E-state index in [0.29, 0.717) is 19.5 Å². The van der Waals surface area contributed by atoms with Crippen LogP contribution < -0.4 is 5.32 Å². The summed E-state index contributed by atoms with van der Waals surface area (Å²) in [7, 11) is -3.26. The van der Waals surface area contributed by atoms with Crippen molar-refractivity contribution in [3.63, 3.8) is 0 Å². The number of carbonyl (C=O) groups excluding carboxylic acids is 2. The zero-order valence-electron chi connectivity index (χ0n) is 24.6. The number of benzene rings is 2. The molecule has 236 valence electrons. The normalized spacial score (nSPS) is 21.4. The molecule has 43 heavy (non-hydrogen) atoms. The van der Waals surface area contributed by atoms with Gasteiger partial charge in [-0.2, -0.15) is 0 Å². The topological polar surface area (TPSA) is 86.8 Å². The Hall–Kier alpha value is -2.56. The van der Waals surface area contributed by atoms with Crippen LogP contribution in [0.3, 0.4) is 0 Å². The molecule has 1 saturated carbocycles. The third-order valence-corrected chi connectivity index (χ3v) is 10.5. The highest BCUT2D eigenvalue weighted by molar-refractivity contribution is 7.90. The van der Waals surface area contributed by atoms with Crippen LogP contribution in [0.1, 0.15) is 68.5 Å². The maximum absolute atomic E-state index is 13.6. The maximum atomic E-state index is 13.6. The van der Waals surface area contributed by atoms with E-state index < -0.39 is 15.8 Å². The minimum absolute atomic E-state index is 0. The molecule has 0 aromatic heterocycles. The molecule has 2 saturated heterocycles. The number of alkyl halides is 2. The van der Waals surface area contributed by atoms with Gasteiger partial charge in [-0.15, -0.1) is 12.4 Å². The molecular weight excluding hydrogens is 596 g/mol. The smallest absolute Gasteiger partial charge is 0.248 e. The molecule has 2 aromatic rings. The molecule has 1 atom stereocenters. The molecule has 3 aliphatic rings. The van der Waals surface area contributed by atoms with Gasteiger partial charge in [-0.3, -0.25) is 9.59 Å². The molecule has 2 amide bonds. The molecule has 2 aromatic carbocycles. The molecule has 0 radical (unpaired) electrons. The van der Waals surface area contributed by atoms with Crippen LogP contribution in [0.4, 0.5) is 8.78 Å². The number of hydrogen-bond acceptors (Lipinski definition) is 5. The summed E-state index contributed by atoms with van der Waals surface area (Å²) < 4.78 is 50.7. The SMILES string of the molecule is CS(=O)(=O)c1ccc(CN2CC3(CCN(CC[C@H](NC(=O)C4CCC(F)(F)CC4)c4ccccc4)CC3)CC2=O)cc1.Cl. The first-order chi connectivity index (χ1) is 19.9. The van der Waals surface area contributed by atoms with Crippen molar-refractivity contribution in [2.75, 3.05) is 32.4 Å². The van der Waals surface area contributed by atoms with Crippen LogP contribution in [-0.2, 0) is 26.0 Å². The summed E-state index contributed by atoms with van der Waals surface area (Å²) >= 11 is 0. The van der Waals surface area contributed by atoms with Crippen molar-refractivity contribution in [2.45, 2.75) is 74.8 Å². The molecule has 11 heteroatoms. The lowest BCUT2D eigenvalue weighted by Crippen LogP contribution is -2.43. The minimum Gasteiger partial charge on any atom is -0.349 e. The van der Waals surface area contributed by atoms with E-state index in [1.165, 1.54) is 6.26 Å². The van der Waals surface area contributed by atoms with Gasteiger partial charge in [0.25, 0.3) is 0 Å². The van der Waals surface area contributed by atoms with E-state index in [0.717, 1.165) is 50.0 Å². The van der Waals surface area contributed by atoms with Gasteiger partial charge in [0.1, 0.15) is 0 Å². The fourth-order valence-corrected chi connectivity index (χ4v) is 7.32. The Balaban J connectivity index is 0.00000423. The maximum Gasteiger partial charge on any atom is 0.248 e. The third kappa shape index (κ3) is 8.54. The Morgan fingerprint density at radius 3 is 2.23 bits per heavy atom. The Bertz CT molecular complexity index is 1360. The Morgan fingerprint density at radius 2 is 1.63 bits per heavy atom. The van der Waals surface area contributed by atoms with Crippen molar-refractivity contribution < 1.29 is 26.8 Å². The summed E-state index contributed by atoms with van der Waals surface area (Å²) in [6.45, 7) is 3.72. The standard InChI is InChI=1S/C32H41F2N3O4S.ClH/c1-42(40,41)27-9-7-24(8-10-27)22-37-23-31(21-29(37)38)16-19-36(20-17-31)18-13-28(25-5-3-2-4-6-25)35-30(39)26-11-14-32(33,34)15-12-26;/h2-10,26,28H,11-23H2,1H3,(H,35,39);1H/t28-;/m0./s1. The zero-order chi connectivity index (χ0) is 30.0. The van der Waals surface area contributed by atoms with Crippen molar-refractivity contribution in [2.24, 2.45) is 11.3 Å². The first-order valence-corrected chi connectivity index (χ1v) is 16.8. The van der Waals surface area contributed by atoms with Crippen LogP contribution in [0.2, 0.25) is 0 Å².